The maximum atomic E-state index is 12.4. The van der Waals surface area contributed by atoms with Gasteiger partial charge in [0.2, 0.25) is 0 Å². The number of rotatable bonds is 2. The average molecular weight is 228 g/mol. The Hall–Kier alpha value is -1.85. The minimum absolute atomic E-state index is 0.0441. The highest BCUT2D eigenvalue weighted by Gasteiger charge is 2.30. The van der Waals surface area contributed by atoms with Crippen molar-refractivity contribution in [3.05, 3.63) is 35.8 Å². The van der Waals surface area contributed by atoms with Gasteiger partial charge >= 0.3 is 6.18 Å². The van der Waals surface area contributed by atoms with Gasteiger partial charge < -0.3 is 9.20 Å². The average Bonchev–Trinajstić information content (AvgIpc) is 2.60. The third-order valence-electron chi connectivity index (χ3n) is 2.20. The molecule has 2 aromatic heterocycles. The van der Waals surface area contributed by atoms with Crippen molar-refractivity contribution in [2.45, 2.75) is 12.6 Å². The van der Waals surface area contributed by atoms with Gasteiger partial charge in [0.25, 0.3) is 0 Å². The molecule has 2 rings (SSSR count). The minimum atomic E-state index is -4.39. The summed E-state index contributed by atoms with van der Waals surface area (Å²) in [5.74, 6) is 0. The topological polar surface area (TPSA) is 34.4 Å². The summed E-state index contributed by atoms with van der Waals surface area (Å²) >= 11 is 0. The first-order chi connectivity index (χ1) is 7.52. The van der Waals surface area contributed by atoms with Crippen LogP contribution < -0.4 is 0 Å². The molecule has 3 nitrogen and oxygen atoms in total. The Kier molecular flexibility index (Phi) is 2.41. The van der Waals surface area contributed by atoms with E-state index in [1.165, 1.54) is 16.7 Å². The molecule has 2 aromatic rings. The van der Waals surface area contributed by atoms with Crippen molar-refractivity contribution in [3.8, 4) is 0 Å². The first-order valence-corrected chi connectivity index (χ1v) is 4.49. The lowest BCUT2D eigenvalue weighted by Gasteiger charge is -2.07. The predicted molar refractivity (Wildman–Crippen MR) is 50.0 cm³/mol. The van der Waals surface area contributed by atoms with Crippen LogP contribution in [0.15, 0.2) is 24.5 Å². The standard InChI is InChI=1S/C10H7F3N2O/c11-10(12,13)7-1-2-9-14-5-8(3-4-16)15(9)6-7/h1-2,4-6H,3H2. The van der Waals surface area contributed by atoms with Crippen molar-refractivity contribution in [2.75, 3.05) is 0 Å². The van der Waals surface area contributed by atoms with Crippen LogP contribution in [0.3, 0.4) is 0 Å². The van der Waals surface area contributed by atoms with E-state index in [4.69, 9.17) is 0 Å². The summed E-state index contributed by atoms with van der Waals surface area (Å²) in [6, 6.07) is 2.24. The summed E-state index contributed by atoms with van der Waals surface area (Å²) in [5, 5.41) is 0. The number of halogens is 3. The number of aromatic nitrogens is 2. The highest BCUT2D eigenvalue weighted by molar-refractivity contribution is 5.55. The van der Waals surface area contributed by atoms with Crippen molar-refractivity contribution < 1.29 is 18.0 Å². The van der Waals surface area contributed by atoms with Gasteiger partial charge in [0.15, 0.2) is 0 Å². The maximum absolute atomic E-state index is 12.4. The zero-order valence-electron chi connectivity index (χ0n) is 8.03. The Morgan fingerprint density at radius 2 is 2.12 bits per heavy atom. The summed E-state index contributed by atoms with van der Waals surface area (Å²) in [6.45, 7) is 0. The highest BCUT2D eigenvalue weighted by Crippen LogP contribution is 2.29. The van der Waals surface area contributed by atoms with E-state index in [2.05, 4.69) is 4.98 Å². The van der Waals surface area contributed by atoms with Gasteiger partial charge in [-0.15, -0.1) is 0 Å². The zero-order valence-corrected chi connectivity index (χ0v) is 8.03. The third kappa shape index (κ3) is 1.78. The lowest BCUT2D eigenvalue weighted by atomic mass is 10.2. The molecule has 0 saturated heterocycles. The Bertz CT molecular complexity index is 530. The molecule has 16 heavy (non-hydrogen) atoms. The quantitative estimate of drug-likeness (QED) is 0.737. The molecule has 0 aliphatic carbocycles. The molecule has 0 radical (unpaired) electrons. The van der Waals surface area contributed by atoms with Gasteiger partial charge in [-0.05, 0) is 12.1 Å². The monoisotopic (exact) mass is 228 g/mol. The van der Waals surface area contributed by atoms with Crippen LogP contribution in [-0.2, 0) is 17.4 Å². The zero-order chi connectivity index (χ0) is 11.8. The first kappa shape index (κ1) is 10.7. The number of carbonyl (C=O) groups is 1. The van der Waals surface area contributed by atoms with Crippen molar-refractivity contribution in [1.82, 2.24) is 9.38 Å². The molecule has 0 saturated carbocycles. The van der Waals surface area contributed by atoms with Crippen LogP contribution >= 0.6 is 0 Å². The number of pyridine rings is 1. The second kappa shape index (κ2) is 3.62. The lowest BCUT2D eigenvalue weighted by molar-refractivity contribution is -0.137. The highest BCUT2D eigenvalue weighted by atomic mass is 19.4. The fourth-order valence-corrected chi connectivity index (χ4v) is 1.44. The number of carbonyl (C=O) groups excluding carboxylic acids is 1. The van der Waals surface area contributed by atoms with Crippen LogP contribution in [0, 0.1) is 0 Å². The molecule has 0 spiro atoms. The molecule has 0 fully saturated rings. The maximum Gasteiger partial charge on any atom is 0.417 e. The van der Waals surface area contributed by atoms with Crippen LogP contribution in [0.4, 0.5) is 13.2 Å². The van der Waals surface area contributed by atoms with Gasteiger partial charge in [-0.25, -0.2) is 4.98 Å². The molecule has 0 aliphatic rings. The SMILES string of the molecule is O=CCc1cnc2ccc(C(F)(F)F)cn12. The molecule has 0 atom stereocenters. The van der Waals surface area contributed by atoms with Crippen molar-refractivity contribution in [2.24, 2.45) is 0 Å². The molecule has 0 aromatic carbocycles. The van der Waals surface area contributed by atoms with E-state index in [0.717, 1.165) is 12.3 Å². The summed E-state index contributed by atoms with van der Waals surface area (Å²) in [7, 11) is 0. The van der Waals surface area contributed by atoms with E-state index in [9.17, 15) is 18.0 Å². The van der Waals surface area contributed by atoms with Gasteiger partial charge in [0.1, 0.15) is 11.9 Å². The molecule has 6 heteroatoms. The van der Waals surface area contributed by atoms with Crippen molar-refractivity contribution in [3.63, 3.8) is 0 Å². The van der Waals surface area contributed by atoms with E-state index in [0.29, 0.717) is 17.6 Å². The fraction of sp³-hybridized carbons (Fsp3) is 0.200. The smallest absolute Gasteiger partial charge is 0.303 e. The van der Waals surface area contributed by atoms with Crippen LogP contribution in [0.25, 0.3) is 5.65 Å². The van der Waals surface area contributed by atoms with E-state index in [-0.39, 0.29) is 6.42 Å². The van der Waals surface area contributed by atoms with Gasteiger partial charge in [-0.3, -0.25) is 0 Å². The number of imidazole rings is 1. The van der Waals surface area contributed by atoms with Gasteiger partial charge in [-0.1, -0.05) is 0 Å². The number of hydrogen-bond acceptors (Lipinski definition) is 2. The predicted octanol–water partition coefficient (Wildman–Crippen LogP) is 2.09. The summed E-state index contributed by atoms with van der Waals surface area (Å²) < 4.78 is 38.6. The Labute approximate surface area is 88.5 Å². The fourth-order valence-electron chi connectivity index (χ4n) is 1.44. The molecule has 0 amide bonds. The number of hydrogen-bond donors (Lipinski definition) is 0. The Morgan fingerprint density at radius 1 is 1.38 bits per heavy atom. The minimum Gasteiger partial charge on any atom is -0.303 e. The summed E-state index contributed by atoms with van der Waals surface area (Å²) in [6.07, 6.45) is -1.38. The lowest BCUT2D eigenvalue weighted by Crippen LogP contribution is -2.07. The molecular weight excluding hydrogens is 221 g/mol. The van der Waals surface area contributed by atoms with E-state index >= 15 is 0 Å². The summed E-state index contributed by atoms with van der Waals surface area (Å²) in [4.78, 5) is 14.2. The van der Waals surface area contributed by atoms with Gasteiger partial charge in [0.05, 0.1) is 5.56 Å². The third-order valence-corrected chi connectivity index (χ3v) is 2.20. The number of aldehydes is 1. The van der Waals surface area contributed by atoms with Crippen LogP contribution in [0.2, 0.25) is 0 Å². The van der Waals surface area contributed by atoms with Crippen LogP contribution in [0.5, 0.6) is 0 Å². The van der Waals surface area contributed by atoms with Gasteiger partial charge in [-0.2, -0.15) is 13.2 Å². The van der Waals surface area contributed by atoms with Crippen LogP contribution in [-0.4, -0.2) is 15.7 Å². The Balaban J connectivity index is 2.58. The van der Waals surface area contributed by atoms with E-state index in [1.807, 2.05) is 0 Å². The summed E-state index contributed by atoms with van der Waals surface area (Å²) in [5.41, 5.74) is 0.0751. The van der Waals surface area contributed by atoms with Crippen LogP contribution in [0.1, 0.15) is 11.3 Å². The van der Waals surface area contributed by atoms with E-state index in [1.54, 1.807) is 0 Å². The molecule has 2 heterocycles. The molecule has 0 aliphatic heterocycles. The largest absolute Gasteiger partial charge is 0.417 e. The normalized spacial score (nSPS) is 11.9. The molecule has 84 valence electrons. The number of alkyl halides is 3. The second-order valence-electron chi connectivity index (χ2n) is 3.26. The molecule has 0 N–H and O–H groups in total. The Morgan fingerprint density at radius 3 is 2.75 bits per heavy atom. The van der Waals surface area contributed by atoms with Crippen molar-refractivity contribution in [1.29, 1.82) is 0 Å². The molecular formula is C10H7F3N2O. The van der Waals surface area contributed by atoms with E-state index < -0.39 is 11.7 Å². The van der Waals surface area contributed by atoms with Gasteiger partial charge in [0, 0.05) is 24.5 Å². The number of fused-ring (bicyclic) bond motifs is 1. The molecule has 0 bridgehead atoms. The second-order valence-corrected chi connectivity index (χ2v) is 3.26. The number of nitrogens with zero attached hydrogens (tertiary/aromatic N) is 2. The first-order valence-electron chi connectivity index (χ1n) is 4.49. The molecule has 0 unspecified atom stereocenters. The van der Waals surface area contributed by atoms with Crippen molar-refractivity contribution >= 4 is 11.9 Å².